The zero-order chi connectivity index (χ0) is 40.0. The molecule has 0 fully saturated rings. The van der Waals surface area contributed by atoms with Gasteiger partial charge in [0.15, 0.2) is 0 Å². The number of rotatable bonds is 5. The van der Waals surface area contributed by atoms with E-state index in [0.29, 0.717) is 0 Å². The van der Waals surface area contributed by atoms with Gasteiger partial charge in [0, 0.05) is 37.0 Å². The van der Waals surface area contributed by atoms with Crippen LogP contribution in [-0.2, 0) is 0 Å². The Morgan fingerprint density at radius 3 is 1.64 bits per heavy atom. The minimum absolute atomic E-state index is 0.00149. The third kappa shape index (κ3) is 5.57. The Balaban J connectivity index is 0.996. The van der Waals surface area contributed by atoms with Crippen LogP contribution in [-0.4, -0.2) is 13.4 Å². The Morgan fingerprint density at radius 2 is 0.885 bits per heavy atom. The van der Waals surface area contributed by atoms with Crippen LogP contribution < -0.4 is 47.2 Å². The number of fused-ring (bicyclic) bond motifs is 8. The number of para-hydroxylation sites is 3. The Morgan fingerprint density at radius 1 is 0.328 bits per heavy atom. The molecule has 0 atom stereocenters. The van der Waals surface area contributed by atoms with E-state index in [4.69, 9.17) is 9.47 Å². The molecule has 4 aliphatic heterocycles. The first-order valence-corrected chi connectivity index (χ1v) is 22.3. The van der Waals surface area contributed by atoms with E-state index >= 15 is 0 Å². The zero-order valence-corrected chi connectivity index (χ0v) is 34.4. The van der Waals surface area contributed by atoms with Gasteiger partial charge in [-0.1, -0.05) is 168 Å². The smallest absolute Gasteiger partial charge is 0.253 e. The summed E-state index contributed by atoms with van der Waals surface area (Å²) in [6, 6.07) is 72.2. The first kappa shape index (κ1) is 35.0. The standard InChI is InChI=1S/C54H33B2NO2S2/c1-4-16-34(17-5-1)39-22-10-11-23-40(39)35-28-47-53-51(29-35)60-49-27-15-13-25-42(49)56(53)43-32-44-50(33-46(43)59-47)61-52-31-38(30-48-54(52)55(44)41-24-12-14-26-45(41)58-48)57(36-18-6-2-7-19-36)37-20-8-3-9-21-37/h1-33H. The van der Waals surface area contributed by atoms with E-state index in [1.807, 2.05) is 23.5 Å². The van der Waals surface area contributed by atoms with Crippen LogP contribution in [0.5, 0.6) is 23.0 Å². The Bertz CT molecular complexity index is 3190. The molecular weight excluding hydrogens is 780 g/mol. The number of hydrogen-bond acceptors (Lipinski definition) is 5. The van der Waals surface area contributed by atoms with E-state index in [9.17, 15) is 0 Å². The van der Waals surface area contributed by atoms with Crippen molar-refractivity contribution in [2.45, 2.75) is 19.6 Å². The highest BCUT2D eigenvalue weighted by atomic mass is 32.2. The van der Waals surface area contributed by atoms with Crippen LogP contribution in [0.25, 0.3) is 22.3 Å². The fourth-order valence-electron chi connectivity index (χ4n) is 9.86. The highest BCUT2D eigenvalue weighted by molar-refractivity contribution is 8.00. The Labute approximate surface area is 364 Å². The van der Waals surface area contributed by atoms with Gasteiger partial charge in [-0.15, -0.1) is 0 Å². The van der Waals surface area contributed by atoms with Crippen LogP contribution in [0.4, 0.5) is 17.1 Å². The first-order chi connectivity index (χ1) is 30.2. The van der Waals surface area contributed by atoms with Crippen molar-refractivity contribution in [1.82, 2.24) is 0 Å². The predicted octanol–water partition coefficient (Wildman–Crippen LogP) is 10.7. The summed E-state index contributed by atoms with van der Waals surface area (Å²) < 4.78 is 14.1. The van der Waals surface area contributed by atoms with Crippen LogP contribution >= 0.6 is 23.5 Å². The van der Waals surface area contributed by atoms with Crippen molar-refractivity contribution >= 4 is 86.8 Å². The van der Waals surface area contributed by atoms with Crippen molar-refractivity contribution in [3.8, 4) is 45.3 Å². The predicted molar refractivity (Wildman–Crippen MR) is 255 cm³/mol. The third-order valence-corrected chi connectivity index (χ3v) is 14.8. The molecule has 284 valence electrons. The van der Waals surface area contributed by atoms with Gasteiger partial charge in [0.1, 0.15) is 23.0 Å². The molecule has 0 spiro atoms. The highest BCUT2D eigenvalue weighted by Gasteiger charge is 2.44. The average molecular weight is 814 g/mol. The Hall–Kier alpha value is -6.79. The van der Waals surface area contributed by atoms with Gasteiger partial charge in [0.2, 0.25) is 0 Å². The van der Waals surface area contributed by atoms with E-state index in [1.54, 1.807) is 0 Å². The summed E-state index contributed by atoms with van der Waals surface area (Å²) in [6.07, 6.45) is 0. The topological polar surface area (TPSA) is 21.7 Å². The van der Waals surface area contributed by atoms with Crippen molar-refractivity contribution in [2.75, 3.05) is 4.90 Å². The van der Waals surface area contributed by atoms with E-state index < -0.39 is 0 Å². The molecule has 9 aromatic rings. The summed E-state index contributed by atoms with van der Waals surface area (Å²) in [4.78, 5) is 7.25. The monoisotopic (exact) mass is 813 g/mol. The van der Waals surface area contributed by atoms with Crippen molar-refractivity contribution in [1.29, 1.82) is 0 Å². The molecule has 9 aromatic carbocycles. The summed E-state index contributed by atoms with van der Waals surface area (Å²) >= 11 is 3.68. The second-order valence-electron chi connectivity index (χ2n) is 15.9. The van der Waals surface area contributed by atoms with Gasteiger partial charge >= 0.3 is 0 Å². The number of anilines is 3. The Kier molecular flexibility index (Phi) is 7.97. The molecule has 7 heteroatoms. The molecule has 0 radical (unpaired) electrons. The quantitative estimate of drug-likeness (QED) is 0.161. The zero-order valence-electron chi connectivity index (χ0n) is 32.8. The number of nitrogens with zero attached hydrogens (tertiary/aromatic N) is 1. The van der Waals surface area contributed by atoms with Gasteiger partial charge in [-0.2, -0.15) is 0 Å². The number of ether oxygens (including phenoxy) is 2. The lowest BCUT2D eigenvalue weighted by Crippen LogP contribution is -2.62. The first-order valence-electron chi connectivity index (χ1n) is 20.7. The van der Waals surface area contributed by atoms with Crippen molar-refractivity contribution in [3.05, 3.63) is 200 Å². The lowest BCUT2D eigenvalue weighted by atomic mass is 9.32. The fourth-order valence-corrected chi connectivity index (χ4v) is 12.3. The second kappa shape index (κ2) is 13.9. The summed E-state index contributed by atoms with van der Waals surface area (Å²) in [5, 5.41) is 0. The minimum atomic E-state index is -0.00149. The lowest BCUT2D eigenvalue weighted by Gasteiger charge is -2.37. The minimum Gasteiger partial charge on any atom is -0.458 e. The average Bonchev–Trinajstić information content (AvgIpc) is 3.31. The van der Waals surface area contributed by atoms with E-state index in [0.717, 1.165) is 45.6 Å². The van der Waals surface area contributed by atoms with Crippen molar-refractivity contribution in [2.24, 2.45) is 0 Å². The molecule has 61 heavy (non-hydrogen) atoms. The number of benzene rings is 9. The maximum atomic E-state index is 7.20. The van der Waals surface area contributed by atoms with Crippen molar-refractivity contribution < 1.29 is 9.47 Å². The van der Waals surface area contributed by atoms with Gasteiger partial charge in [0.25, 0.3) is 13.4 Å². The summed E-state index contributed by atoms with van der Waals surface area (Å²) in [5.74, 6) is 3.64. The van der Waals surface area contributed by atoms with E-state index in [-0.39, 0.29) is 13.4 Å². The normalized spacial score (nSPS) is 13.3. The lowest BCUT2D eigenvalue weighted by molar-refractivity contribution is 0.485. The van der Waals surface area contributed by atoms with Gasteiger partial charge in [-0.3, -0.25) is 0 Å². The summed E-state index contributed by atoms with van der Waals surface area (Å²) in [7, 11) is 0. The molecule has 0 amide bonds. The molecular formula is C54H33B2NO2S2. The van der Waals surface area contributed by atoms with Gasteiger partial charge in [-0.25, -0.2) is 0 Å². The van der Waals surface area contributed by atoms with Gasteiger partial charge < -0.3 is 14.4 Å². The molecule has 0 saturated heterocycles. The van der Waals surface area contributed by atoms with Gasteiger partial charge in [0.05, 0.1) is 5.69 Å². The highest BCUT2D eigenvalue weighted by Crippen LogP contribution is 2.46. The molecule has 3 nitrogen and oxygen atoms in total. The van der Waals surface area contributed by atoms with Crippen LogP contribution in [0.3, 0.4) is 0 Å². The second-order valence-corrected chi connectivity index (χ2v) is 18.1. The van der Waals surface area contributed by atoms with Gasteiger partial charge in [-0.05, 0) is 105 Å². The molecule has 0 N–H and O–H groups in total. The molecule has 0 aliphatic carbocycles. The number of hydrogen-bond donors (Lipinski definition) is 0. The van der Waals surface area contributed by atoms with Crippen LogP contribution in [0.15, 0.2) is 220 Å². The molecule has 4 heterocycles. The maximum absolute atomic E-state index is 7.20. The maximum Gasteiger partial charge on any atom is 0.253 e. The molecule has 0 saturated carbocycles. The van der Waals surface area contributed by atoms with Crippen LogP contribution in [0, 0.1) is 0 Å². The fraction of sp³-hybridized carbons (Fsp3) is 0. The molecule has 13 rings (SSSR count). The largest absolute Gasteiger partial charge is 0.458 e. The molecule has 4 aliphatic rings. The summed E-state index contributed by atoms with van der Waals surface area (Å²) in [5.41, 5.74) is 15.5. The molecule has 0 unspecified atom stereocenters. The molecule has 0 bridgehead atoms. The van der Waals surface area contributed by atoms with E-state index in [2.05, 4.69) is 205 Å². The SMILES string of the molecule is c1ccc(-c2ccccc2-c2cc3c4c(c2)Sc2ccccc2B4c2cc4c(cc2O3)Sc2cc(N(c3ccccc3)c3ccccc3)cc3c2B4c2ccccc2O3)cc1. The molecule has 0 aromatic heterocycles. The van der Waals surface area contributed by atoms with E-state index in [1.165, 1.54) is 69.0 Å². The van der Waals surface area contributed by atoms with Crippen LogP contribution in [0.2, 0.25) is 0 Å². The third-order valence-electron chi connectivity index (χ3n) is 12.5. The summed E-state index contributed by atoms with van der Waals surface area (Å²) in [6.45, 7) is 0.0296. The van der Waals surface area contributed by atoms with Crippen molar-refractivity contribution in [3.63, 3.8) is 0 Å². The van der Waals surface area contributed by atoms with Crippen LogP contribution in [0.1, 0.15) is 0 Å².